The van der Waals surface area contributed by atoms with Gasteiger partial charge in [0, 0.05) is 24.6 Å². The molecular weight excluding hydrogens is 316 g/mol. The third-order valence-electron chi connectivity index (χ3n) is 3.58. The van der Waals surface area contributed by atoms with Crippen LogP contribution in [0.3, 0.4) is 0 Å². The first-order valence-electron chi connectivity index (χ1n) is 7.71. The van der Waals surface area contributed by atoms with Crippen molar-refractivity contribution < 1.29 is 9.53 Å². The number of carbonyl (C=O) groups excluding carboxylic acids is 1. The van der Waals surface area contributed by atoms with Crippen LogP contribution in [0.5, 0.6) is 5.75 Å². The maximum Gasteiger partial charge on any atom is 0.258 e. The molecule has 0 spiro atoms. The number of carbonyl (C=O) groups is 1. The maximum absolute atomic E-state index is 11.9. The van der Waals surface area contributed by atoms with Crippen LogP contribution >= 0.6 is 0 Å². The standard InChI is InChI=1S/C19H16N4O2/c20-11-15-3-7-18(8-4-15)25-13-19(24)22-12-16-1-5-17(6-2-16)23-10-9-21-14-23/h1-10,14H,12-13H2,(H,22,24). The molecule has 0 radical (unpaired) electrons. The molecule has 6 heteroatoms. The number of benzene rings is 2. The van der Waals surface area contributed by atoms with Gasteiger partial charge in [-0.3, -0.25) is 4.79 Å². The van der Waals surface area contributed by atoms with Crippen LogP contribution in [-0.4, -0.2) is 22.1 Å². The number of amides is 1. The summed E-state index contributed by atoms with van der Waals surface area (Å²) in [4.78, 5) is 15.9. The lowest BCUT2D eigenvalue weighted by molar-refractivity contribution is -0.123. The Morgan fingerprint density at radius 1 is 1.16 bits per heavy atom. The normalized spacial score (nSPS) is 10.0. The number of nitrogens with zero attached hydrogens (tertiary/aromatic N) is 3. The molecule has 0 aliphatic rings. The lowest BCUT2D eigenvalue weighted by Crippen LogP contribution is -2.28. The van der Waals surface area contributed by atoms with Crippen molar-refractivity contribution in [1.29, 1.82) is 5.26 Å². The van der Waals surface area contributed by atoms with Gasteiger partial charge in [0.25, 0.3) is 5.91 Å². The number of hydrogen-bond acceptors (Lipinski definition) is 4. The highest BCUT2D eigenvalue weighted by atomic mass is 16.5. The van der Waals surface area contributed by atoms with Crippen molar-refractivity contribution in [3.63, 3.8) is 0 Å². The Labute approximate surface area is 145 Å². The van der Waals surface area contributed by atoms with Crippen LogP contribution in [0.15, 0.2) is 67.3 Å². The number of aromatic nitrogens is 2. The second-order valence-corrected chi connectivity index (χ2v) is 5.34. The molecule has 6 nitrogen and oxygen atoms in total. The molecule has 2 aromatic carbocycles. The molecule has 3 aromatic rings. The second kappa shape index (κ2) is 7.79. The second-order valence-electron chi connectivity index (χ2n) is 5.34. The molecule has 0 unspecified atom stereocenters. The molecule has 25 heavy (non-hydrogen) atoms. The fraction of sp³-hybridized carbons (Fsp3) is 0.105. The Kier molecular flexibility index (Phi) is 5.07. The van der Waals surface area contributed by atoms with Crippen molar-refractivity contribution in [2.45, 2.75) is 6.54 Å². The number of imidazole rings is 1. The summed E-state index contributed by atoms with van der Waals surface area (Å²) in [5.41, 5.74) is 2.56. The topological polar surface area (TPSA) is 79.9 Å². The number of hydrogen-bond donors (Lipinski definition) is 1. The summed E-state index contributed by atoms with van der Waals surface area (Å²) in [5, 5.41) is 11.5. The molecular formula is C19H16N4O2. The van der Waals surface area contributed by atoms with Crippen LogP contribution in [0.4, 0.5) is 0 Å². The number of ether oxygens (including phenoxy) is 1. The molecule has 0 aliphatic heterocycles. The van der Waals surface area contributed by atoms with Crippen molar-refractivity contribution in [2.24, 2.45) is 0 Å². The molecule has 0 fully saturated rings. The van der Waals surface area contributed by atoms with E-state index in [0.29, 0.717) is 17.9 Å². The van der Waals surface area contributed by atoms with E-state index in [0.717, 1.165) is 11.3 Å². The van der Waals surface area contributed by atoms with Crippen LogP contribution in [0.25, 0.3) is 5.69 Å². The highest BCUT2D eigenvalue weighted by Crippen LogP contribution is 2.11. The Morgan fingerprint density at radius 2 is 1.92 bits per heavy atom. The van der Waals surface area contributed by atoms with Gasteiger partial charge in [0.05, 0.1) is 18.0 Å². The fourth-order valence-electron chi connectivity index (χ4n) is 2.22. The van der Waals surface area contributed by atoms with Crippen molar-refractivity contribution in [1.82, 2.24) is 14.9 Å². The Bertz CT molecular complexity index is 863. The summed E-state index contributed by atoms with van der Waals surface area (Å²) in [7, 11) is 0. The molecule has 1 aromatic heterocycles. The van der Waals surface area contributed by atoms with Gasteiger partial charge >= 0.3 is 0 Å². The highest BCUT2D eigenvalue weighted by molar-refractivity contribution is 5.77. The third-order valence-corrected chi connectivity index (χ3v) is 3.58. The fourth-order valence-corrected chi connectivity index (χ4v) is 2.22. The van der Waals surface area contributed by atoms with Crippen molar-refractivity contribution >= 4 is 5.91 Å². The van der Waals surface area contributed by atoms with Gasteiger partial charge in [-0.25, -0.2) is 4.98 Å². The minimum Gasteiger partial charge on any atom is -0.484 e. The molecule has 124 valence electrons. The largest absolute Gasteiger partial charge is 0.484 e. The summed E-state index contributed by atoms with van der Waals surface area (Å²) < 4.78 is 7.30. The first-order valence-corrected chi connectivity index (χ1v) is 7.71. The summed E-state index contributed by atoms with van der Waals surface area (Å²) in [5.74, 6) is 0.349. The van der Waals surface area contributed by atoms with E-state index in [1.807, 2.05) is 41.1 Å². The van der Waals surface area contributed by atoms with Gasteiger partial charge < -0.3 is 14.6 Å². The molecule has 0 saturated carbocycles. The SMILES string of the molecule is N#Cc1ccc(OCC(=O)NCc2ccc(-n3ccnc3)cc2)cc1. The molecule has 0 aliphatic carbocycles. The van der Waals surface area contributed by atoms with Crippen LogP contribution in [0.1, 0.15) is 11.1 Å². The first kappa shape index (κ1) is 16.3. The van der Waals surface area contributed by atoms with Gasteiger partial charge in [-0.1, -0.05) is 12.1 Å². The number of nitrogens with one attached hydrogen (secondary N) is 1. The van der Waals surface area contributed by atoms with E-state index in [1.165, 1.54) is 0 Å². The average Bonchev–Trinajstić information content (AvgIpc) is 3.20. The van der Waals surface area contributed by atoms with Gasteiger partial charge in [-0.15, -0.1) is 0 Å². The lowest BCUT2D eigenvalue weighted by atomic mass is 10.2. The van der Waals surface area contributed by atoms with E-state index < -0.39 is 0 Å². The molecule has 1 amide bonds. The van der Waals surface area contributed by atoms with Gasteiger partial charge in [-0.2, -0.15) is 5.26 Å². The monoisotopic (exact) mass is 332 g/mol. The van der Waals surface area contributed by atoms with Gasteiger partial charge in [0.15, 0.2) is 6.61 Å². The van der Waals surface area contributed by atoms with Crippen LogP contribution in [0, 0.1) is 11.3 Å². The van der Waals surface area contributed by atoms with E-state index in [1.54, 1.807) is 36.8 Å². The Hall–Kier alpha value is -3.59. The van der Waals surface area contributed by atoms with Crippen LogP contribution in [-0.2, 0) is 11.3 Å². The lowest BCUT2D eigenvalue weighted by Gasteiger charge is -2.08. The van der Waals surface area contributed by atoms with Crippen molar-refractivity contribution in [2.75, 3.05) is 6.61 Å². The highest BCUT2D eigenvalue weighted by Gasteiger charge is 2.04. The predicted octanol–water partition coefficient (Wildman–Crippen LogP) is 2.44. The average molecular weight is 332 g/mol. The van der Waals surface area contributed by atoms with Crippen LogP contribution in [0.2, 0.25) is 0 Å². The smallest absolute Gasteiger partial charge is 0.258 e. The zero-order chi connectivity index (χ0) is 17.5. The van der Waals surface area contributed by atoms with E-state index in [2.05, 4.69) is 10.3 Å². The van der Waals surface area contributed by atoms with Gasteiger partial charge in [-0.05, 0) is 42.0 Å². The van der Waals surface area contributed by atoms with Crippen LogP contribution < -0.4 is 10.1 Å². The van der Waals surface area contributed by atoms with Crippen molar-refractivity contribution in [3.8, 4) is 17.5 Å². The molecule has 0 bridgehead atoms. The van der Waals surface area contributed by atoms with Gasteiger partial charge in [0.2, 0.25) is 0 Å². The third kappa shape index (κ3) is 4.45. The van der Waals surface area contributed by atoms with E-state index in [4.69, 9.17) is 10.00 Å². The zero-order valence-corrected chi connectivity index (χ0v) is 13.4. The zero-order valence-electron chi connectivity index (χ0n) is 13.4. The maximum atomic E-state index is 11.9. The number of nitriles is 1. The number of rotatable bonds is 6. The summed E-state index contributed by atoms with van der Waals surface area (Å²) in [6.07, 6.45) is 5.33. The van der Waals surface area contributed by atoms with Gasteiger partial charge in [0.1, 0.15) is 5.75 Å². The molecule has 3 rings (SSSR count). The van der Waals surface area contributed by atoms with E-state index in [-0.39, 0.29) is 12.5 Å². The van der Waals surface area contributed by atoms with Crippen molar-refractivity contribution in [3.05, 3.63) is 78.4 Å². The predicted molar refractivity (Wildman–Crippen MR) is 92.1 cm³/mol. The van der Waals surface area contributed by atoms with E-state index >= 15 is 0 Å². The van der Waals surface area contributed by atoms with E-state index in [9.17, 15) is 4.79 Å². The minimum atomic E-state index is -0.206. The quantitative estimate of drug-likeness (QED) is 0.752. The minimum absolute atomic E-state index is 0.0704. The summed E-state index contributed by atoms with van der Waals surface area (Å²) in [6, 6.07) is 16.5. The summed E-state index contributed by atoms with van der Waals surface area (Å²) >= 11 is 0. The molecule has 1 heterocycles. The molecule has 0 saturated heterocycles. The molecule has 0 atom stereocenters. The first-order chi connectivity index (χ1) is 12.2. The Morgan fingerprint density at radius 3 is 2.56 bits per heavy atom. The Balaban J connectivity index is 1.46. The molecule has 1 N–H and O–H groups in total. The summed E-state index contributed by atoms with van der Waals surface area (Å²) in [6.45, 7) is 0.360.